The maximum Gasteiger partial charge on any atom is 0.343 e. The van der Waals surface area contributed by atoms with Crippen LogP contribution in [0, 0.1) is 0 Å². The Morgan fingerprint density at radius 3 is 2.50 bits per heavy atom. The van der Waals surface area contributed by atoms with Crippen molar-refractivity contribution in [2.75, 3.05) is 7.11 Å². The van der Waals surface area contributed by atoms with E-state index in [0.717, 1.165) is 10.8 Å². The average molecular weight is 294 g/mol. The predicted molar refractivity (Wildman–Crippen MR) is 83.6 cm³/mol. The van der Waals surface area contributed by atoms with Crippen LogP contribution in [0.3, 0.4) is 0 Å². The van der Waals surface area contributed by atoms with E-state index in [1.165, 1.54) is 7.11 Å². The highest BCUT2D eigenvalue weighted by Gasteiger charge is 2.14. The van der Waals surface area contributed by atoms with Crippen LogP contribution in [0.2, 0.25) is 0 Å². The highest BCUT2D eigenvalue weighted by molar-refractivity contribution is 5.95. The van der Waals surface area contributed by atoms with Crippen LogP contribution < -0.4 is 9.47 Å². The molecule has 0 saturated heterocycles. The molecular weight excluding hydrogens is 280 g/mol. The summed E-state index contributed by atoms with van der Waals surface area (Å²) in [6, 6.07) is 17.1. The van der Waals surface area contributed by atoms with Gasteiger partial charge in [0.15, 0.2) is 11.5 Å². The summed E-state index contributed by atoms with van der Waals surface area (Å²) in [6.07, 6.45) is 0. The number of hydrogen-bond acceptors (Lipinski definition) is 4. The molecule has 22 heavy (non-hydrogen) atoms. The van der Waals surface area contributed by atoms with Gasteiger partial charge in [-0.1, -0.05) is 24.3 Å². The van der Waals surface area contributed by atoms with Gasteiger partial charge in [0.05, 0.1) is 12.7 Å². The molecule has 0 aromatic heterocycles. The van der Waals surface area contributed by atoms with Gasteiger partial charge in [0.25, 0.3) is 0 Å². The molecule has 0 fully saturated rings. The van der Waals surface area contributed by atoms with Crippen molar-refractivity contribution in [3.8, 4) is 17.2 Å². The van der Waals surface area contributed by atoms with Crippen molar-refractivity contribution in [3.63, 3.8) is 0 Å². The second-order valence-corrected chi connectivity index (χ2v) is 4.76. The van der Waals surface area contributed by atoms with E-state index in [2.05, 4.69) is 0 Å². The molecule has 0 aliphatic heterocycles. The minimum atomic E-state index is -0.447. The van der Waals surface area contributed by atoms with Gasteiger partial charge in [0, 0.05) is 5.39 Å². The molecule has 0 bridgehead atoms. The molecule has 4 nitrogen and oxygen atoms in total. The molecule has 1 N–H and O–H groups in total. The molecule has 110 valence electrons. The van der Waals surface area contributed by atoms with E-state index in [4.69, 9.17) is 9.47 Å². The zero-order chi connectivity index (χ0) is 15.5. The normalized spacial score (nSPS) is 10.4. The second kappa shape index (κ2) is 5.77. The van der Waals surface area contributed by atoms with Crippen LogP contribution in [0.1, 0.15) is 10.4 Å². The Morgan fingerprint density at radius 2 is 1.77 bits per heavy atom. The van der Waals surface area contributed by atoms with Gasteiger partial charge < -0.3 is 14.6 Å². The smallest absolute Gasteiger partial charge is 0.343 e. The average Bonchev–Trinajstić information content (AvgIpc) is 2.55. The molecule has 3 rings (SSSR count). The van der Waals surface area contributed by atoms with Gasteiger partial charge >= 0.3 is 5.97 Å². The fourth-order valence-electron chi connectivity index (χ4n) is 2.29. The highest BCUT2D eigenvalue weighted by Crippen LogP contribution is 2.37. The molecule has 0 unspecified atom stereocenters. The number of benzene rings is 3. The van der Waals surface area contributed by atoms with E-state index in [0.29, 0.717) is 17.1 Å². The second-order valence-electron chi connectivity index (χ2n) is 4.76. The maximum atomic E-state index is 12.2. The lowest BCUT2D eigenvalue weighted by atomic mass is 10.1. The minimum Gasteiger partial charge on any atom is -0.508 e. The third-order valence-corrected chi connectivity index (χ3v) is 3.33. The van der Waals surface area contributed by atoms with Gasteiger partial charge in [0.2, 0.25) is 0 Å². The molecule has 0 radical (unpaired) electrons. The molecule has 0 amide bonds. The van der Waals surface area contributed by atoms with Crippen LogP contribution in [-0.4, -0.2) is 18.2 Å². The van der Waals surface area contributed by atoms with Gasteiger partial charge in [-0.15, -0.1) is 0 Å². The van der Waals surface area contributed by atoms with Crippen molar-refractivity contribution in [2.24, 2.45) is 0 Å². The summed E-state index contributed by atoms with van der Waals surface area (Å²) in [7, 11) is 1.52. The Balaban J connectivity index is 2.00. The Labute approximate surface area is 127 Å². The molecule has 0 spiro atoms. The van der Waals surface area contributed by atoms with E-state index in [1.807, 2.05) is 6.07 Å². The number of aromatic hydroxyl groups is 1. The van der Waals surface area contributed by atoms with E-state index in [-0.39, 0.29) is 5.75 Å². The zero-order valence-corrected chi connectivity index (χ0v) is 11.9. The van der Waals surface area contributed by atoms with Crippen molar-refractivity contribution in [1.82, 2.24) is 0 Å². The first-order valence-electron chi connectivity index (χ1n) is 6.76. The van der Waals surface area contributed by atoms with E-state index < -0.39 is 5.97 Å². The van der Waals surface area contributed by atoms with E-state index in [9.17, 15) is 9.90 Å². The van der Waals surface area contributed by atoms with Gasteiger partial charge in [-0.3, -0.25) is 0 Å². The summed E-state index contributed by atoms with van der Waals surface area (Å²) in [6.45, 7) is 0. The van der Waals surface area contributed by atoms with Crippen molar-refractivity contribution in [3.05, 3.63) is 66.2 Å². The van der Waals surface area contributed by atoms with Gasteiger partial charge in [0.1, 0.15) is 5.75 Å². The summed E-state index contributed by atoms with van der Waals surface area (Å²) in [5, 5.41) is 11.1. The van der Waals surface area contributed by atoms with Gasteiger partial charge in [-0.2, -0.15) is 0 Å². The lowest BCUT2D eigenvalue weighted by molar-refractivity contribution is 0.0730. The van der Waals surface area contributed by atoms with Crippen LogP contribution in [0.25, 0.3) is 10.8 Å². The number of hydrogen-bond donors (Lipinski definition) is 1. The number of rotatable bonds is 3. The van der Waals surface area contributed by atoms with Gasteiger partial charge in [-0.25, -0.2) is 4.79 Å². The van der Waals surface area contributed by atoms with Crippen LogP contribution in [0.5, 0.6) is 17.2 Å². The van der Waals surface area contributed by atoms with Crippen molar-refractivity contribution < 1.29 is 19.4 Å². The zero-order valence-electron chi connectivity index (χ0n) is 11.9. The first-order chi connectivity index (χ1) is 10.7. The maximum absolute atomic E-state index is 12.2. The summed E-state index contributed by atoms with van der Waals surface area (Å²) >= 11 is 0. The standard InChI is InChI=1S/C18H14O4/c1-21-17-15-9-8-14(19)11-13(15)7-10-16(17)22-18(20)12-5-3-2-4-6-12/h2-11,19H,1H3. The Morgan fingerprint density at radius 1 is 1.00 bits per heavy atom. The van der Waals surface area contributed by atoms with E-state index >= 15 is 0 Å². The van der Waals surface area contributed by atoms with Crippen molar-refractivity contribution >= 4 is 16.7 Å². The molecule has 0 aliphatic rings. The van der Waals surface area contributed by atoms with Crippen LogP contribution in [0.15, 0.2) is 60.7 Å². The SMILES string of the molecule is COc1c(OC(=O)c2ccccc2)ccc2cc(O)ccc12. The number of ether oxygens (including phenoxy) is 2. The number of carbonyl (C=O) groups is 1. The van der Waals surface area contributed by atoms with Crippen molar-refractivity contribution in [1.29, 1.82) is 0 Å². The van der Waals surface area contributed by atoms with Crippen LogP contribution >= 0.6 is 0 Å². The molecule has 0 aliphatic carbocycles. The number of phenolic OH excluding ortho intramolecular Hbond substituents is 1. The fraction of sp³-hybridized carbons (Fsp3) is 0.0556. The lowest BCUT2D eigenvalue weighted by Crippen LogP contribution is -2.09. The van der Waals surface area contributed by atoms with Crippen LogP contribution in [0.4, 0.5) is 0 Å². The molecule has 0 saturated carbocycles. The summed E-state index contributed by atoms with van der Waals surface area (Å²) in [4.78, 5) is 12.2. The summed E-state index contributed by atoms with van der Waals surface area (Å²) in [5.41, 5.74) is 0.468. The lowest BCUT2D eigenvalue weighted by Gasteiger charge is -2.12. The third kappa shape index (κ3) is 2.59. The molecule has 0 heterocycles. The molecule has 0 atom stereocenters. The summed E-state index contributed by atoms with van der Waals surface area (Å²) < 4.78 is 10.8. The van der Waals surface area contributed by atoms with Crippen molar-refractivity contribution in [2.45, 2.75) is 0 Å². The quantitative estimate of drug-likeness (QED) is 0.590. The number of phenols is 1. The van der Waals surface area contributed by atoms with Gasteiger partial charge in [-0.05, 0) is 41.8 Å². The largest absolute Gasteiger partial charge is 0.508 e. The summed E-state index contributed by atoms with van der Waals surface area (Å²) in [5.74, 6) is 0.525. The first-order valence-corrected chi connectivity index (χ1v) is 6.76. The minimum absolute atomic E-state index is 0.170. The van der Waals surface area contributed by atoms with E-state index in [1.54, 1.807) is 54.6 Å². The molecule has 4 heteroatoms. The Hall–Kier alpha value is -3.01. The Bertz CT molecular complexity index is 825. The number of carbonyl (C=O) groups excluding carboxylic acids is 1. The highest BCUT2D eigenvalue weighted by atomic mass is 16.6. The van der Waals surface area contributed by atoms with Crippen LogP contribution in [-0.2, 0) is 0 Å². The Kier molecular flexibility index (Phi) is 3.66. The number of fused-ring (bicyclic) bond motifs is 1. The number of methoxy groups -OCH3 is 1. The molecule has 3 aromatic rings. The number of esters is 1. The molecule has 3 aromatic carbocycles. The topological polar surface area (TPSA) is 55.8 Å². The molecular formula is C18H14O4. The first kappa shape index (κ1) is 13.9. The monoisotopic (exact) mass is 294 g/mol. The fourth-order valence-corrected chi connectivity index (χ4v) is 2.29. The predicted octanol–water partition coefficient (Wildman–Crippen LogP) is 3.77. The third-order valence-electron chi connectivity index (χ3n) is 3.33.